The lowest BCUT2D eigenvalue weighted by Gasteiger charge is -2.15. The second kappa shape index (κ2) is 3.24. The van der Waals surface area contributed by atoms with Crippen LogP contribution in [0.5, 0.6) is 0 Å². The van der Waals surface area contributed by atoms with Crippen LogP contribution in [0.15, 0.2) is 12.3 Å². The Kier molecular flexibility index (Phi) is 2.45. The molecule has 13 heavy (non-hydrogen) atoms. The van der Waals surface area contributed by atoms with E-state index in [9.17, 15) is 4.79 Å². The standard InChI is InChI=1S/C10H15NO2/c1-10(2,3)8-5-7(6-11-8)9(12)13-4/h5-6,11H,1-4H3. The number of methoxy groups -OCH3 is 1. The van der Waals surface area contributed by atoms with Gasteiger partial charge in [0.2, 0.25) is 0 Å². The van der Waals surface area contributed by atoms with Crippen molar-refractivity contribution in [2.24, 2.45) is 0 Å². The molecule has 0 bridgehead atoms. The number of ether oxygens (including phenoxy) is 1. The molecule has 0 aromatic carbocycles. The molecule has 72 valence electrons. The van der Waals surface area contributed by atoms with E-state index in [0.29, 0.717) is 5.56 Å². The van der Waals surface area contributed by atoms with Crippen LogP contribution in [0.25, 0.3) is 0 Å². The van der Waals surface area contributed by atoms with E-state index in [0.717, 1.165) is 5.69 Å². The summed E-state index contributed by atoms with van der Waals surface area (Å²) in [5.41, 5.74) is 1.65. The summed E-state index contributed by atoms with van der Waals surface area (Å²) in [5, 5.41) is 0. The van der Waals surface area contributed by atoms with Crippen molar-refractivity contribution in [3.05, 3.63) is 23.5 Å². The number of hydrogen-bond acceptors (Lipinski definition) is 2. The minimum atomic E-state index is -0.299. The van der Waals surface area contributed by atoms with Gasteiger partial charge in [-0.15, -0.1) is 0 Å². The van der Waals surface area contributed by atoms with Crippen LogP contribution in [-0.4, -0.2) is 18.1 Å². The molecule has 0 saturated carbocycles. The maximum atomic E-state index is 11.1. The first-order chi connectivity index (χ1) is 5.95. The third-order valence-electron chi connectivity index (χ3n) is 1.91. The van der Waals surface area contributed by atoms with Gasteiger partial charge in [0.25, 0.3) is 0 Å². The summed E-state index contributed by atoms with van der Waals surface area (Å²) in [5.74, 6) is -0.299. The zero-order chi connectivity index (χ0) is 10.1. The fraction of sp³-hybridized carbons (Fsp3) is 0.500. The molecule has 0 aliphatic carbocycles. The van der Waals surface area contributed by atoms with Crippen LogP contribution in [0.4, 0.5) is 0 Å². The highest BCUT2D eigenvalue weighted by Crippen LogP contribution is 2.21. The molecule has 0 fully saturated rings. The van der Waals surface area contributed by atoms with Crippen molar-refractivity contribution >= 4 is 5.97 Å². The SMILES string of the molecule is COC(=O)c1c[nH]c(C(C)(C)C)c1. The second-order valence-electron chi connectivity index (χ2n) is 4.04. The normalized spacial score (nSPS) is 11.4. The van der Waals surface area contributed by atoms with Crippen LogP contribution in [0, 0.1) is 0 Å². The first-order valence-electron chi connectivity index (χ1n) is 4.22. The van der Waals surface area contributed by atoms with Gasteiger partial charge in [-0.1, -0.05) is 20.8 Å². The smallest absolute Gasteiger partial charge is 0.339 e. The molecule has 1 heterocycles. The number of H-pyrrole nitrogens is 1. The van der Waals surface area contributed by atoms with Gasteiger partial charge in [-0.2, -0.15) is 0 Å². The van der Waals surface area contributed by atoms with Gasteiger partial charge in [-0.3, -0.25) is 0 Å². The number of nitrogens with one attached hydrogen (secondary N) is 1. The predicted octanol–water partition coefficient (Wildman–Crippen LogP) is 2.10. The number of rotatable bonds is 1. The van der Waals surface area contributed by atoms with E-state index >= 15 is 0 Å². The monoisotopic (exact) mass is 181 g/mol. The number of aromatic amines is 1. The second-order valence-corrected chi connectivity index (χ2v) is 4.04. The highest BCUT2D eigenvalue weighted by molar-refractivity contribution is 5.89. The lowest BCUT2D eigenvalue weighted by atomic mass is 9.92. The van der Waals surface area contributed by atoms with E-state index in [1.54, 1.807) is 6.20 Å². The lowest BCUT2D eigenvalue weighted by molar-refractivity contribution is 0.0601. The number of esters is 1. The van der Waals surface area contributed by atoms with Gasteiger partial charge in [0.1, 0.15) is 0 Å². The average Bonchev–Trinajstić information content (AvgIpc) is 2.50. The maximum absolute atomic E-state index is 11.1. The van der Waals surface area contributed by atoms with Crippen LogP contribution in [0.3, 0.4) is 0 Å². The van der Waals surface area contributed by atoms with Crippen molar-refractivity contribution in [1.29, 1.82) is 0 Å². The van der Waals surface area contributed by atoms with Crippen LogP contribution in [0.1, 0.15) is 36.8 Å². The summed E-state index contributed by atoms with van der Waals surface area (Å²) in [6, 6.07) is 1.83. The molecule has 0 saturated heterocycles. The summed E-state index contributed by atoms with van der Waals surface area (Å²) in [4.78, 5) is 14.2. The summed E-state index contributed by atoms with van der Waals surface area (Å²) in [7, 11) is 1.38. The van der Waals surface area contributed by atoms with Crippen molar-refractivity contribution < 1.29 is 9.53 Å². The molecule has 0 atom stereocenters. The largest absolute Gasteiger partial charge is 0.465 e. The summed E-state index contributed by atoms with van der Waals surface area (Å²) < 4.78 is 4.60. The van der Waals surface area contributed by atoms with Crippen molar-refractivity contribution in [2.75, 3.05) is 7.11 Å². The van der Waals surface area contributed by atoms with Crippen LogP contribution >= 0.6 is 0 Å². The van der Waals surface area contributed by atoms with Gasteiger partial charge in [-0.05, 0) is 6.07 Å². The highest BCUT2D eigenvalue weighted by atomic mass is 16.5. The Bertz CT molecular complexity index is 307. The Hall–Kier alpha value is -1.25. The minimum Gasteiger partial charge on any atom is -0.465 e. The van der Waals surface area contributed by atoms with Crippen molar-refractivity contribution in [2.45, 2.75) is 26.2 Å². The van der Waals surface area contributed by atoms with Gasteiger partial charge in [0, 0.05) is 17.3 Å². The molecule has 0 spiro atoms. The van der Waals surface area contributed by atoms with Crippen LogP contribution in [0.2, 0.25) is 0 Å². The molecular formula is C10H15NO2. The zero-order valence-electron chi connectivity index (χ0n) is 8.47. The van der Waals surface area contributed by atoms with Crippen molar-refractivity contribution in [3.8, 4) is 0 Å². The molecule has 0 radical (unpaired) electrons. The molecule has 0 aliphatic heterocycles. The van der Waals surface area contributed by atoms with Crippen molar-refractivity contribution in [3.63, 3.8) is 0 Å². The van der Waals surface area contributed by atoms with Gasteiger partial charge in [-0.25, -0.2) is 4.79 Å². The predicted molar refractivity (Wildman–Crippen MR) is 50.8 cm³/mol. The Balaban J connectivity index is 2.93. The number of carbonyl (C=O) groups excluding carboxylic acids is 1. The number of hydrogen-bond donors (Lipinski definition) is 1. The average molecular weight is 181 g/mol. The van der Waals surface area contributed by atoms with Gasteiger partial charge >= 0.3 is 5.97 Å². The third kappa shape index (κ3) is 2.11. The number of carbonyl (C=O) groups is 1. The summed E-state index contributed by atoms with van der Waals surface area (Å²) >= 11 is 0. The third-order valence-corrected chi connectivity index (χ3v) is 1.91. The highest BCUT2D eigenvalue weighted by Gasteiger charge is 2.17. The lowest BCUT2D eigenvalue weighted by Crippen LogP contribution is -2.11. The maximum Gasteiger partial charge on any atom is 0.339 e. The number of aromatic nitrogens is 1. The molecule has 1 aromatic rings. The molecule has 0 amide bonds. The topological polar surface area (TPSA) is 42.1 Å². The molecule has 1 N–H and O–H groups in total. The summed E-state index contributed by atoms with van der Waals surface area (Å²) in [6.07, 6.45) is 1.67. The minimum absolute atomic E-state index is 0.0340. The Labute approximate surface area is 78.1 Å². The Morgan fingerprint density at radius 2 is 2.08 bits per heavy atom. The molecule has 0 unspecified atom stereocenters. The Morgan fingerprint density at radius 3 is 2.46 bits per heavy atom. The van der Waals surface area contributed by atoms with Crippen molar-refractivity contribution in [1.82, 2.24) is 4.98 Å². The van der Waals surface area contributed by atoms with Crippen LogP contribution in [-0.2, 0) is 10.2 Å². The Morgan fingerprint density at radius 1 is 1.46 bits per heavy atom. The first kappa shape index (κ1) is 9.84. The molecule has 0 aliphatic rings. The van der Waals surface area contributed by atoms with E-state index in [4.69, 9.17) is 0 Å². The quantitative estimate of drug-likeness (QED) is 0.674. The van der Waals surface area contributed by atoms with E-state index in [2.05, 4.69) is 30.5 Å². The molecule has 1 rings (SSSR count). The van der Waals surface area contributed by atoms with Gasteiger partial charge < -0.3 is 9.72 Å². The fourth-order valence-electron chi connectivity index (χ4n) is 1.06. The zero-order valence-corrected chi connectivity index (χ0v) is 8.47. The molecule has 3 nitrogen and oxygen atoms in total. The van der Waals surface area contributed by atoms with E-state index in [1.807, 2.05) is 6.07 Å². The van der Waals surface area contributed by atoms with E-state index < -0.39 is 0 Å². The summed E-state index contributed by atoms with van der Waals surface area (Å²) in [6.45, 7) is 6.25. The van der Waals surface area contributed by atoms with E-state index in [1.165, 1.54) is 7.11 Å². The van der Waals surface area contributed by atoms with Gasteiger partial charge in [0.15, 0.2) is 0 Å². The van der Waals surface area contributed by atoms with E-state index in [-0.39, 0.29) is 11.4 Å². The van der Waals surface area contributed by atoms with Gasteiger partial charge in [0.05, 0.1) is 12.7 Å². The first-order valence-corrected chi connectivity index (χ1v) is 4.22. The molecule has 3 heteroatoms. The molecular weight excluding hydrogens is 166 g/mol. The van der Waals surface area contributed by atoms with Crippen LogP contribution < -0.4 is 0 Å². The fourth-order valence-corrected chi connectivity index (χ4v) is 1.06. The molecule has 1 aromatic heterocycles.